The predicted octanol–water partition coefficient (Wildman–Crippen LogP) is 4.16. The number of rotatable bonds is 5. The normalized spacial score (nSPS) is 10.7. The monoisotopic (exact) mass is 368 g/mol. The maximum absolute atomic E-state index is 6.18. The molecule has 0 bridgehead atoms. The van der Waals surface area contributed by atoms with Crippen LogP contribution in [0.1, 0.15) is 5.56 Å². The highest BCUT2D eigenvalue weighted by molar-refractivity contribution is 7.71. The Morgan fingerprint density at radius 1 is 1.32 bits per heavy atom. The number of halogens is 1. The van der Waals surface area contributed by atoms with Gasteiger partial charge in [0.15, 0.2) is 5.82 Å². The third kappa shape index (κ3) is 3.97. The lowest BCUT2D eigenvalue weighted by atomic mass is 10.2. The maximum Gasteiger partial charge on any atom is 0.216 e. The summed E-state index contributed by atoms with van der Waals surface area (Å²) in [6.07, 6.45) is 6.82. The van der Waals surface area contributed by atoms with Gasteiger partial charge in [-0.1, -0.05) is 47.9 Å². The second-order valence-electron chi connectivity index (χ2n) is 4.96. The van der Waals surface area contributed by atoms with Crippen molar-refractivity contribution in [2.24, 2.45) is 5.10 Å². The first-order valence-corrected chi connectivity index (χ1v) is 8.10. The summed E-state index contributed by atoms with van der Waals surface area (Å²) in [5.41, 5.74) is 1.70. The molecular weight excluding hydrogens is 356 g/mol. The molecule has 1 aromatic heterocycles. The molecule has 0 atom stereocenters. The smallest absolute Gasteiger partial charge is 0.216 e. The molecule has 0 saturated carbocycles. The highest BCUT2D eigenvalue weighted by Crippen LogP contribution is 2.25. The summed E-state index contributed by atoms with van der Waals surface area (Å²) in [7, 11) is 0. The fourth-order valence-corrected chi connectivity index (χ4v) is 2.55. The zero-order chi connectivity index (χ0) is 17.6. The van der Waals surface area contributed by atoms with E-state index in [1.807, 2.05) is 36.4 Å². The van der Waals surface area contributed by atoms with E-state index in [1.54, 1.807) is 23.0 Å². The molecule has 5 nitrogen and oxygen atoms in total. The number of aromatic nitrogens is 3. The Kier molecular flexibility index (Phi) is 5.29. The second kappa shape index (κ2) is 7.79. The highest BCUT2D eigenvalue weighted by atomic mass is 35.5. The van der Waals surface area contributed by atoms with E-state index in [0.29, 0.717) is 21.4 Å². The predicted molar refractivity (Wildman–Crippen MR) is 102 cm³/mol. The molecular formula is C18H13ClN4OS. The van der Waals surface area contributed by atoms with Crippen molar-refractivity contribution >= 4 is 30.0 Å². The lowest BCUT2D eigenvalue weighted by molar-refractivity contribution is 0.370. The van der Waals surface area contributed by atoms with Crippen molar-refractivity contribution in [3.05, 3.63) is 63.9 Å². The third-order valence-corrected chi connectivity index (χ3v) is 3.83. The van der Waals surface area contributed by atoms with Gasteiger partial charge in [0.25, 0.3) is 0 Å². The van der Waals surface area contributed by atoms with E-state index in [4.69, 9.17) is 35.0 Å². The molecule has 0 aliphatic carbocycles. The first-order chi connectivity index (χ1) is 12.2. The van der Waals surface area contributed by atoms with Crippen molar-refractivity contribution in [1.29, 1.82) is 0 Å². The van der Waals surface area contributed by atoms with Crippen LogP contribution < -0.4 is 4.74 Å². The fraction of sp³-hybridized carbons (Fsp3) is 0.0556. The van der Waals surface area contributed by atoms with E-state index in [0.717, 1.165) is 11.1 Å². The van der Waals surface area contributed by atoms with Crippen molar-refractivity contribution in [3.63, 3.8) is 0 Å². The Morgan fingerprint density at radius 2 is 2.12 bits per heavy atom. The van der Waals surface area contributed by atoms with E-state index >= 15 is 0 Å². The van der Waals surface area contributed by atoms with Gasteiger partial charge < -0.3 is 4.74 Å². The third-order valence-electron chi connectivity index (χ3n) is 3.27. The zero-order valence-corrected chi connectivity index (χ0v) is 14.6. The van der Waals surface area contributed by atoms with Gasteiger partial charge in [-0.25, -0.2) is 5.10 Å². The molecule has 0 amide bonds. The minimum absolute atomic E-state index is 0.164. The van der Waals surface area contributed by atoms with E-state index < -0.39 is 0 Å². The number of hydrogen-bond donors (Lipinski definition) is 1. The molecule has 0 aliphatic rings. The van der Waals surface area contributed by atoms with Gasteiger partial charge in [-0.15, -0.1) is 6.42 Å². The number of H-pyrrole nitrogens is 1. The number of hydrogen-bond acceptors (Lipinski definition) is 4. The van der Waals surface area contributed by atoms with Crippen LogP contribution in [0.4, 0.5) is 0 Å². The van der Waals surface area contributed by atoms with Gasteiger partial charge in [-0.05, 0) is 36.0 Å². The Labute approximate surface area is 154 Å². The molecule has 25 heavy (non-hydrogen) atoms. The molecule has 3 rings (SSSR count). The summed E-state index contributed by atoms with van der Waals surface area (Å²) in [4.78, 5) is 0. The molecule has 0 unspecified atom stereocenters. The molecule has 2 aromatic carbocycles. The van der Waals surface area contributed by atoms with Crippen LogP contribution >= 0.6 is 23.8 Å². The van der Waals surface area contributed by atoms with Gasteiger partial charge in [0.1, 0.15) is 12.4 Å². The van der Waals surface area contributed by atoms with Crippen LogP contribution in [0.25, 0.3) is 11.4 Å². The summed E-state index contributed by atoms with van der Waals surface area (Å²) in [6, 6.07) is 15.0. The summed E-state index contributed by atoms with van der Waals surface area (Å²) < 4.78 is 7.29. The van der Waals surface area contributed by atoms with Gasteiger partial charge >= 0.3 is 0 Å². The first kappa shape index (κ1) is 17.0. The fourth-order valence-electron chi connectivity index (χ4n) is 2.13. The molecule has 124 valence electrons. The van der Waals surface area contributed by atoms with Crippen molar-refractivity contribution in [2.75, 3.05) is 6.61 Å². The number of nitrogens with one attached hydrogen (secondary N) is 1. The van der Waals surface area contributed by atoms with Gasteiger partial charge in [0.2, 0.25) is 4.77 Å². The first-order valence-electron chi connectivity index (χ1n) is 7.32. The van der Waals surface area contributed by atoms with Crippen LogP contribution in [-0.4, -0.2) is 27.7 Å². The number of aromatic amines is 1. The molecule has 0 radical (unpaired) electrons. The van der Waals surface area contributed by atoms with Crippen LogP contribution in [0.5, 0.6) is 5.75 Å². The second-order valence-corrected chi connectivity index (χ2v) is 5.75. The number of terminal acetylenes is 1. The average molecular weight is 369 g/mol. The topological polar surface area (TPSA) is 55.2 Å². The van der Waals surface area contributed by atoms with E-state index in [-0.39, 0.29) is 6.61 Å². The van der Waals surface area contributed by atoms with Crippen LogP contribution in [0.15, 0.2) is 53.6 Å². The lowest BCUT2D eigenvalue weighted by Crippen LogP contribution is -1.96. The summed E-state index contributed by atoms with van der Waals surface area (Å²) in [5.74, 6) is 3.55. The van der Waals surface area contributed by atoms with Gasteiger partial charge in [0, 0.05) is 5.56 Å². The summed E-state index contributed by atoms with van der Waals surface area (Å²) in [6.45, 7) is 0.164. The van der Waals surface area contributed by atoms with Crippen molar-refractivity contribution in [1.82, 2.24) is 14.9 Å². The van der Waals surface area contributed by atoms with Crippen LogP contribution in [0, 0.1) is 17.1 Å². The molecule has 0 fully saturated rings. The van der Waals surface area contributed by atoms with Gasteiger partial charge in [-0.3, -0.25) is 0 Å². The molecule has 0 saturated heterocycles. The van der Waals surface area contributed by atoms with E-state index in [2.05, 4.69) is 21.2 Å². The van der Waals surface area contributed by atoms with Crippen LogP contribution in [0.3, 0.4) is 0 Å². The Bertz CT molecular complexity index is 1000. The van der Waals surface area contributed by atoms with Crippen molar-refractivity contribution < 1.29 is 4.74 Å². The number of benzene rings is 2. The quantitative estimate of drug-likeness (QED) is 0.418. The summed E-state index contributed by atoms with van der Waals surface area (Å²) >= 11 is 11.4. The van der Waals surface area contributed by atoms with Crippen molar-refractivity contribution in [3.8, 4) is 29.5 Å². The van der Waals surface area contributed by atoms with Crippen LogP contribution in [0.2, 0.25) is 5.02 Å². The number of ether oxygens (including phenoxy) is 1. The molecule has 1 N–H and O–H groups in total. The minimum atomic E-state index is 0.164. The lowest BCUT2D eigenvalue weighted by Gasteiger charge is -2.05. The maximum atomic E-state index is 6.18. The minimum Gasteiger partial charge on any atom is -0.479 e. The average Bonchev–Trinajstić information content (AvgIpc) is 3.00. The number of nitrogens with zero attached hydrogens (tertiary/aromatic N) is 3. The van der Waals surface area contributed by atoms with Crippen molar-refractivity contribution in [2.45, 2.75) is 0 Å². The van der Waals surface area contributed by atoms with Gasteiger partial charge in [-0.2, -0.15) is 14.9 Å². The summed E-state index contributed by atoms with van der Waals surface area (Å²) in [5, 5.41) is 11.8. The largest absolute Gasteiger partial charge is 0.479 e. The Hall–Kier alpha value is -2.88. The zero-order valence-electron chi connectivity index (χ0n) is 13.0. The van der Waals surface area contributed by atoms with E-state index in [1.165, 1.54) is 0 Å². The van der Waals surface area contributed by atoms with Gasteiger partial charge in [0.05, 0.1) is 11.2 Å². The molecule has 7 heteroatoms. The Balaban J connectivity index is 1.88. The SMILES string of the molecule is C#CCOc1ccc(/C=N\n2c(-c3ccccc3)n[nH]c2=S)cc1Cl. The highest BCUT2D eigenvalue weighted by Gasteiger charge is 2.07. The Morgan fingerprint density at radius 3 is 2.84 bits per heavy atom. The standard InChI is InChI=1S/C18H13ClN4OS/c1-2-10-24-16-9-8-13(11-15(16)19)12-20-23-17(21-22-18(23)25)14-6-4-3-5-7-14/h1,3-9,11-12H,10H2,(H,22,25)/b20-12-. The molecule has 0 aliphatic heterocycles. The molecule has 1 heterocycles. The molecule has 0 spiro atoms. The molecule has 3 aromatic rings. The van der Waals surface area contributed by atoms with E-state index in [9.17, 15) is 0 Å². The van der Waals surface area contributed by atoms with Crippen LogP contribution in [-0.2, 0) is 0 Å².